The highest BCUT2D eigenvalue weighted by Crippen LogP contribution is 2.50. The monoisotopic (exact) mass is 340 g/mol. The van der Waals surface area contributed by atoms with E-state index in [1.807, 2.05) is 13.8 Å². The summed E-state index contributed by atoms with van der Waals surface area (Å²) in [7, 11) is 0. The maximum atomic E-state index is 12.4. The fourth-order valence-electron chi connectivity index (χ4n) is 4.56. The molecule has 0 aromatic carbocycles. The van der Waals surface area contributed by atoms with E-state index in [2.05, 4.69) is 9.78 Å². The SMILES string of the molecule is CC1(/C(C(=O)OO)=C(\C(=O)OO)C2(C)CCCCC2)CCCCC1. The van der Waals surface area contributed by atoms with E-state index in [0.29, 0.717) is 0 Å². The molecule has 0 amide bonds. The van der Waals surface area contributed by atoms with Gasteiger partial charge < -0.3 is 0 Å². The fraction of sp³-hybridized carbons (Fsp3) is 0.778. The molecule has 2 aliphatic carbocycles. The molecule has 2 aliphatic rings. The Morgan fingerprint density at radius 3 is 1.21 bits per heavy atom. The second-order valence-electron chi connectivity index (χ2n) is 7.75. The first kappa shape index (κ1) is 18.9. The predicted molar refractivity (Wildman–Crippen MR) is 86.9 cm³/mol. The average molecular weight is 340 g/mol. The number of carbonyl (C=O) groups is 2. The smallest absolute Gasteiger partial charge is 0.296 e. The Hall–Kier alpha value is -1.40. The second-order valence-corrected chi connectivity index (χ2v) is 7.75. The van der Waals surface area contributed by atoms with Crippen LogP contribution in [-0.2, 0) is 19.4 Å². The largest absolute Gasteiger partial charge is 0.369 e. The van der Waals surface area contributed by atoms with E-state index < -0.39 is 22.8 Å². The molecule has 0 aromatic rings. The lowest BCUT2D eigenvalue weighted by atomic mass is 9.62. The van der Waals surface area contributed by atoms with Crippen LogP contribution in [0, 0.1) is 10.8 Å². The molecule has 0 heterocycles. The van der Waals surface area contributed by atoms with Crippen molar-refractivity contribution in [3.8, 4) is 0 Å². The van der Waals surface area contributed by atoms with Gasteiger partial charge in [-0.3, -0.25) is 9.78 Å². The first-order chi connectivity index (χ1) is 11.4. The molecule has 0 spiro atoms. The topological polar surface area (TPSA) is 93.1 Å². The molecule has 2 rings (SSSR count). The summed E-state index contributed by atoms with van der Waals surface area (Å²) in [5, 5.41) is 18.1. The highest BCUT2D eigenvalue weighted by Gasteiger charge is 2.46. The summed E-state index contributed by atoms with van der Waals surface area (Å²) in [5.41, 5.74) is -0.786. The maximum absolute atomic E-state index is 12.4. The molecule has 24 heavy (non-hydrogen) atoms. The van der Waals surface area contributed by atoms with Gasteiger partial charge in [-0.25, -0.2) is 9.59 Å². The molecule has 0 radical (unpaired) electrons. The van der Waals surface area contributed by atoms with Crippen LogP contribution < -0.4 is 0 Å². The summed E-state index contributed by atoms with van der Waals surface area (Å²) >= 11 is 0. The van der Waals surface area contributed by atoms with E-state index in [1.54, 1.807) is 0 Å². The highest BCUT2D eigenvalue weighted by atomic mass is 17.1. The second kappa shape index (κ2) is 7.66. The summed E-state index contributed by atoms with van der Waals surface area (Å²) in [6, 6.07) is 0. The Balaban J connectivity index is 2.63. The minimum atomic E-state index is -0.911. The predicted octanol–water partition coefficient (Wildman–Crippen LogP) is 4.26. The summed E-state index contributed by atoms with van der Waals surface area (Å²) in [6.45, 7) is 3.85. The van der Waals surface area contributed by atoms with E-state index in [1.165, 1.54) is 0 Å². The van der Waals surface area contributed by atoms with E-state index in [-0.39, 0.29) is 11.1 Å². The molecule has 0 unspecified atom stereocenters. The van der Waals surface area contributed by atoms with Crippen LogP contribution in [0.15, 0.2) is 11.1 Å². The molecule has 6 nitrogen and oxygen atoms in total. The Bertz CT molecular complexity index is 464. The van der Waals surface area contributed by atoms with Crippen molar-refractivity contribution in [3.63, 3.8) is 0 Å². The summed E-state index contributed by atoms with van der Waals surface area (Å²) in [5.74, 6) is -1.82. The van der Waals surface area contributed by atoms with Crippen LogP contribution in [0.2, 0.25) is 0 Å². The molecule has 0 aliphatic heterocycles. The maximum Gasteiger partial charge on any atom is 0.369 e. The quantitative estimate of drug-likeness (QED) is 0.451. The van der Waals surface area contributed by atoms with Gasteiger partial charge in [0.05, 0.1) is 11.1 Å². The molecule has 0 aromatic heterocycles. The van der Waals surface area contributed by atoms with Crippen LogP contribution in [0.1, 0.15) is 78.1 Å². The van der Waals surface area contributed by atoms with Crippen molar-refractivity contribution < 1.29 is 29.9 Å². The van der Waals surface area contributed by atoms with Gasteiger partial charge in [0.1, 0.15) is 0 Å². The van der Waals surface area contributed by atoms with E-state index >= 15 is 0 Å². The molecule has 0 bridgehead atoms. The highest BCUT2D eigenvalue weighted by molar-refractivity contribution is 6.01. The van der Waals surface area contributed by atoms with Gasteiger partial charge in [0.25, 0.3) is 0 Å². The zero-order chi connectivity index (χ0) is 17.8. The molecule has 2 saturated carbocycles. The molecule has 0 saturated heterocycles. The number of hydrogen-bond donors (Lipinski definition) is 2. The van der Waals surface area contributed by atoms with Crippen LogP contribution in [0.25, 0.3) is 0 Å². The Labute approximate surface area is 142 Å². The van der Waals surface area contributed by atoms with Gasteiger partial charge >= 0.3 is 11.9 Å². The van der Waals surface area contributed by atoms with Crippen LogP contribution in [0.5, 0.6) is 0 Å². The number of rotatable bonds is 4. The minimum absolute atomic E-state index is 0.174. The first-order valence-electron chi connectivity index (χ1n) is 8.85. The van der Waals surface area contributed by atoms with Crippen LogP contribution in [-0.4, -0.2) is 22.5 Å². The van der Waals surface area contributed by atoms with Crippen molar-refractivity contribution in [1.29, 1.82) is 0 Å². The van der Waals surface area contributed by atoms with Crippen molar-refractivity contribution in [2.75, 3.05) is 0 Å². The third-order valence-corrected chi connectivity index (χ3v) is 5.95. The van der Waals surface area contributed by atoms with Gasteiger partial charge in [-0.05, 0) is 25.7 Å². The van der Waals surface area contributed by atoms with E-state index in [9.17, 15) is 9.59 Å². The van der Waals surface area contributed by atoms with Crippen LogP contribution in [0.4, 0.5) is 0 Å². The molecule has 0 atom stereocenters. The fourth-order valence-corrected chi connectivity index (χ4v) is 4.56. The number of carbonyl (C=O) groups excluding carboxylic acids is 2. The van der Waals surface area contributed by atoms with Crippen molar-refractivity contribution in [2.24, 2.45) is 10.8 Å². The van der Waals surface area contributed by atoms with E-state index in [4.69, 9.17) is 10.5 Å². The average Bonchev–Trinajstić information content (AvgIpc) is 2.59. The van der Waals surface area contributed by atoms with Crippen molar-refractivity contribution in [2.45, 2.75) is 78.1 Å². The van der Waals surface area contributed by atoms with E-state index in [0.717, 1.165) is 64.2 Å². The van der Waals surface area contributed by atoms with Gasteiger partial charge in [0.15, 0.2) is 0 Å². The standard InChI is InChI=1S/C18H28O6/c1-17(9-5-3-6-10-17)13(15(19)23-21)14(16(20)24-22)18(2)11-7-4-8-12-18/h21-22H,3-12H2,1-2H3/b14-13+. The normalized spacial score (nSPS) is 23.8. The van der Waals surface area contributed by atoms with Crippen molar-refractivity contribution in [1.82, 2.24) is 0 Å². The van der Waals surface area contributed by atoms with Crippen LogP contribution in [0.3, 0.4) is 0 Å². The summed E-state index contributed by atoms with van der Waals surface area (Å²) in [6.07, 6.45) is 8.85. The molecule has 2 fully saturated rings. The lowest BCUT2D eigenvalue weighted by Gasteiger charge is -2.41. The lowest BCUT2D eigenvalue weighted by Crippen LogP contribution is -2.37. The minimum Gasteiger partial charge on any atom is -0.296 e. The molecule has 136 valence electrons. The van der Waals surface area contributed by atoms with Gasteiger partial charge in [0.2, 0.25) is 0 Å². The zero-order valence-electron chi connectivity index (χ0n) is 14.6. The first-order valence-corrected chi connectivity index (χ1v) is 8.85. The summed E-state index contributed by atoms with van der Waals surface area (Å²) < 4.78 is 0. The molecule has 6 heteroatoms. The van der Waals surface area contributed by atoms with Crippen molar-refractivity contribution in [3.05, 3.63) is 11.1 Å². The van der Waals surface area contributed by atoms with Gasteiger partial charge in [-0.1, -0.05) is 52.4 Å². The number of hydrogen-bond acceptors (Lipinski definition) is 6. The lowest BCUT2D eigenvalue weighted by molar-refractivity contribution is -0.234. The molecular weight excluding hydrogens is 312 g/mol. The summed E-state index contributed by atoms with van der Waals surface area (Å²) in [4.78, 5) is 33.0. The Kier molecular flexibility index (Phi) is 6.04. The zero-order valence-corrected chi connectivity index (χ0v) is 14.6. The van der Waals surface area contributed by atoms with Crippen molar-refractivity contribution >= 4 is 11.9 Å². The third-order valence-electron chi connectivity index (χ3n) is 5.95. The van der Waals surface area contributed by atoms with Crippen LogP contribution >= 0.6 is 0 Å². The van der Waals surface area contributed by atoms with Gasteiger partial charge in [-0.2, -0.15) is 10.5 Å². The Morgan fingerprint density at radius 2 is 0.958 bits per heavy atom. The Morgan fingerprint density at radius 1 is 0.667 bits per heavy atom. The molecule has 2 N–H and O–H groups in total. The third kappa shape index (κ3) is 3.64. The molecular formula is C18H28O6. The van der Waals surface area contributed by atoms with Gasteiger partial charge in [0, 0.05) is 10.8 Å². The van der Waals surface area contributed by atoms with Gasteiger partial charge in [-0.15, -0.1) is 0 Å².